The van der Waals surface area contributed by atoms with Crippen LogP contribution in [0.3, 0.4) is 0 Å². The van der Waals surface area contributed by atoms with Crippen LogP contribution >= 0.6 is 15.9 Å². The summed E-state index contributed by atoms with van der Waals surface area (Å²) in [4.78, 5) is 0. The molecule has 3 nitrogen and oxygen atoms in total. The van der Waals surface area contributed by atoms with Crippen molar-refractivity contribution in [2.75, 3.05) is 13.7 Å². The topological polar surface area (TPSA) is 38.7 Å². The lowest BCUT2D eigenvalue weighted by atomic mass is 10.1. The summed E-state index contributed by atoms with van der Waals surface area (Å²) in [5.41, 5.74) is 0.941. The minimum atomic E-state index is -0.414. The van der Waals surface area contributed by atoms with Crippen molar-refractivity contribution in [2.45, 2.75) is 26.4 Å². The van der Waals surface area contributed by atoms with Gasteiger partial charge >= 0.3 is 0 Å². The second-order valence-electron chi connectivity index (χ2n) is 3.54. The van der Waals surface area contributed by atoms with E-state index < -0.39 is 6.10 Å². The van der Waals surface area contributed by atoms with Crippen molar-refractivity contribution in [1.82, 2.24) is 0 Å². The van der Waals surface area contributed by atoms with E-state index >= 15 is 0 Å². The van der Waals surface area contributed by atoms with Crippen molar-refractivity contribution in [1.29, 1.82) is 0 Å². The molecule has 90 valence electrons. The molecule has 0 aliphatic rings. The lowest BCUT2D eigenvalue weighted by Crippen LogP contribution is -2.08. The lowest BCUT2D eigenvalue weighted by Gasteiger charge is -2.16. The number of benzene rings is 1. The Bertz CT molecular complexity index is 350. The molecule has 0 spiro atoms. The van der Waals surface area contributed by atoms with Crippen LogP contribution in [0.15, 0.2) is 16.6 Å². The van der Waals surface area contributed by atoms with Gasteiger partial charge in [0.05, 0.1) is 19.8 Å². The zero-order valence-electron chi connectivity index (χ0n) is 9.79. The fraction of sp³-hybridized carbons (Fsp3) is 0.500. The van der Waals surface area contributed by atoms with Crippen LogP contribution in [-0.4, -0.2) is 24.9 Å². The van der Waals surface area contributed by atoms with E-state index in [1.54, 1.807) is 14.0 Å². The highest BCUT2D eigenvalue weighted by molar-refractivity contribution is 9.10. The molecule has 1 aromatic carbocycles. The highest BCUT2D eigenvalue weighted by Gasteiger charge is 2.15. The van der Waals surface area contributed by atoms with E-state index in [1.165, 1.54) is 0 Å². The molecule has 1 N–H and O–H groups in total. The predicted molar refractivity (Wildman–Crippen MR) is 67.2 cm³/mol. The van der Waals surface area contributed by atoms with E-state index in [0.717, 1.165) is 10.0 Å². The highest BCUT2D eigenvalue weighted by Crippen LogP contribution is 2.37. The fourth-order valence-corrected chi connectivity index (χ4v) is 2.01. The van der Waals surface area contributed by atoms with E-state index in [0.29, 0.717) is 24.5 Å². The van der Waals surface area contributed by atoms with E-state index in [2.05, 4.69) is 15.9 Å². The summed E-state index contributed by atoms with van der Waals surface area (Å²) >= 11 is 3.46. The first-order valence-electron chi connectivity index (χ1n) is 5.26. The number of methoxy groups -OCH3 is 1. The van der Waals surface area contributed by atoms with Crippen molar-refractivity contribution >= 4 is 15.9 Å². The number of halogens is 1. The summed E-state index contributed by atoms with van der Waals surface area (Å²) in [5.74, 6) is 1.40. The Morgan fingerprint density at radius 3 is 2.62 bits per heavy atom. The van der Waals surface area contributed by atoms with Crippen LogP contribution < -0.4 is 9.47 Å². The van der Waals surface area contributed by atoms with Gasteiger partial charge in [0.1, 0.15) is 0 Å². The maximum absolute atomic E-state index is 9.47. The van der Waals surface area contributed by atoms with Gasteiger partial charge < -0.3 is 14.6 Å². The molecule has 0 fully saturated rings. The SMILES string of the molecule is CCOc1c(OC)ccc(Br)c1CC(C)O. The van der Waals surface area contributed by atoms with Gasteiger partial charge in [0.15, 0.2) is 11.5 Å². The molecule has 0 radical (unpaired) electrons. The number of aliphatic hydroxyl groups is 1. The van der Waals surface area contributed by atoms with Gasteiger partial charge in [0.2, 0.25) is 0 Å². The average molecular weight is 289 g/mol. The fourth-order valence-electron chi connectivity index (χ4n) is 1.53. The normalized spacial score (nSPS) is 12.3. The van der Waals surface area contributed by atoms with Crippen molar-refractivity contribution in [3.63, 3.8) is 0 Å². The van der Waals surface area contributed by atoms with Gasteiger partial charge in [-0.1, -0.05) is 15.9 Å². The van der Waals surface area contributed by atoms with Gasteiger partial charge in [-0.15, -0.1) is 0 Å². The molecule has 0 aromatic heterocycles. The standard InChI is InChI=1S/C12H17BrO3/c1-4-16-12-9(7-8(2)14)10(13)5-6-11(12)15-3/h5-6,8,14H,4,7H2,1-3H3. The number of hydrogen-bond donors (Lipinski definition) is 1. The van der Waals surface area contributed by atoms with Gasteiger partial charge in [-0.3, -0.25) is 0 Å². The Hall–Kier alpha value is -0.740. The minimum Gasteiger partial charge on any atom is -0.493 e. The zero-order valence-corrected chi connectivity index (χ0v) is 11.4. The summed E-state index contributed by atoms with van der Waals surface area (Å²) in [6.45, 7) is 4.24. The number of rotatable bonds is 5. The Labute approximate surface area is 105 Å². The highest BCUT2D eigenvalue weighted by atomic mass is 79.9. The van der Waals surface area contributed by atoms with Crippen LogP contribution in [-0.2, 0) is 6.42 Å². The lowest BCUT2D eigenvalue weighted by molar-refractivity contribution is 0.193. The average Bonchev–Trinajstić information content (AvgIpc) is 2.23. The first-order chi connectivity index (χ1) is 7.60. The van der Waals surface area contributed by atoms with E-state index in [9.17, 15) is 5.11 Å². The first kappa shape index (κ1) is 13.3. The van der Waals surface area contributed by atoms with Gasteiger partial charge in [-0.05, 0) is 26.0 Å². The van der Waals surface area contributed by atoms with Crippen molar-refractivity contribution < 1.29 is 14.6 Å². The second kappa shape index (κ2) is 6.11. The molecule has 0 amide bonds. The van der Waals surface area contributed by atoms with Gasteiger partial charge in [0.25, 0.3) is 0 Å². The number of hydrogen-bond acceptors (Lipinski definition) is 3. The molecule has 1 atom stereocenters. The summed E-state index contributed by atoms with van der Waals surface area (Å²) in [7, 11) is 1.61. The Morgan fingerprint density at radius 2 is 2.12 bits per heavy atom. The maximum Gasteiger partial charge on any atom is 0.165 e. The molecule has 0 aliphatic carbocycles. The predicted octanol–water partition coefficient (Wildman–Crippen LogP) is 2.78. The number of ether oxygens (including phenoxy) is 2. The van der Waals surface area contributed by atoms with Crippen molar-refractivity contribution in [3.8, 4) is 11.5 Å². The second-order valence-corrected chi connectivity index (χ2v) is 4.40. The smallest absolute Gasteiger partial charge is 0.165 e. The molecular formula is C12H17BrO3. The van der Waals surface area contributed by atoms with Gasteiger partial charge in [-0.25, -0.2) is 0 Å². The largest absolute Gasteiger partial charge is 0.493 e. The van der Waals surface area contributed by atoms with Crippen LogP contribution in [0.4, 0.5) is 0 Å². The molecule has 0 saturated heterocycles. The number of aliphatic hydroxyl groups excluding tert-OH is 1. The van der Waals surface area contributed by atoms with E-state index in [1.807, 2.05) is 19.1 Å². The maximum atomic E-state index is 9.47. The van der Waals surface area contributed by atoms with Crippen LogP contribution in [0.1, 0.15) is 19.4 Å². The quantitative estimate of drug-likeness (QED) is 0.906. The molecule has 0 bridgehead atoms. The molecule has 4 heteroatoms. The van der Waals surface area contributed by atoms with E-state index in [-0.39, 0.29) is 0 Å². The summed E-state index contributed by atoms with van der Waals surface area (Å²) in [6.07, 6.45) is 0.121. The third kappa shape index (κ3) is 3.12. The van der Waals surface area contributed by atoms with Crippen LogP contribution in [0.2, 0.25) is 0 Å². The Kier molecular flexibility index (Phi) is 5.09. The Balaban J connectivity index is 3.18. The summed E-state index contributed by atoms with van der Waals surface area (Å²) in [5, 5.41) is 9.47. The van der Waals surface area contributed by atoms with Crippen molar-refractivity contribution in [2.24, 2.45) is 0 Å². The molecule has 1 unspecified atom stereocenters. The third-order valence-electron chi connectivity index (χ3n) is 2.18. The van der Waals surface area contributed by atoms with Crippen LogP contribution in [0.25, 0.3) is 0 Å². The molecular weight excluding hydrogens is 272 g/mol. The van der Waals surface area contributed by atoms with Crippen LogP contribution in [0.5, 0.6) is 11.5 Å². The van der Waals surface area contributed by atoms with Gasteiger partial charge in [0, 0.05) is 16.5 Å². The molecule has 0 saturated carbocycles. The first-order valence-corrected chi connectivity index (χ1v) is 6.05. The monoisotopic (exact) mass is 288 g/mol. The molecule has 1 aromatic rings. The van der Waals surface area contributed by atoms with Gasteiger partial charge in [-0.2, -0.15) is 0 Å². The summed E-state index contributed by atoms with van der Waals surface area (Å²) in [6, 6.07) is 3.75. The van der Waals surface area contributed by atoms with E-state index in [4.69, 9.17) is 9.47 Å². The molecule has 1 rings (SSSR count). The zero-order chi connectivity index (χ0) is 12.1. The Morgan fingerprint density at radius 1 is 1.44 bits per heavy atom. The van der Waals surface area contributed by atoms with Crippen molar-refractivity contribution in [3.05, 3.63) is 22.2 Å². The van der Waals surface area contributed by atoms with Crippen LogP contribution in [0, 0.1) is 0 Å². The third-order valence-corrected chi connectivity index (χ3v) is 2.92. The molecule has 0 aliphatic heterocycles. The molecule has 16 heavy (non-hydrogen) atoms. The minimum absolute atomic E-state index is 0.414. The summed E-state index contributed by atoms with van der Waals surface area (Å²) < 4.78 is 11.8. The molecule has 0 heterocycles.